The maximum Gasteiger partial charge on any atom is 0.357 e. The Morgan fingerprint density at radius 2 is 2.41 bits per heavy atom. The summed E-state index contributed by atoms with van der Waals surface area (Å²) < 4.78 is 28.4. The largest absolute Gasteiger partial charge is 0.754 e. The van der Waals surface area contributed by atoms with E-state index in [4.69, 9.17) is 5.73 Å². The van der Waals surface area contributed by atoms with Gasteiger partial charge in [0, 0.05) is 0 Å². The van der Waals surface area contributed by atoms with Crippen LogP contribution in [0, 0.1) is 0 Å². The molecule has 0 saturated heterocycles. The Labute approximate surface area is 104 Å². The molecule has 0 aliphatic carbocycles. The third-order valence-corrected chi connectivity index (χ3v) is 2.93. The lowest BCUT2D eigenvalue weighted by Gasteiger charge is -2.03. The van der Waals surface area contributed by atoms with Crippen molar-refractivity contribution < 1.29 is 18.3 Å². The van der Waals surface area contributed by atoms with Gasteiger partial charge in [0.25, 0.3) is 0 Å². The topological polar surface area (TPSA) is 105 Å². The second-order valence-corrected chi connectivity index (χ2v) is 4.33. The molecule has 0 aromatic carbocycles. The standard InChI is InChI=1S/C9H10N2O4S2/c1-15-9(12)7(11-17(13)14)5-6(10)8-3-2-4-16-8/h2-5H,10H2,1H3,(H,13,14)/p-1. The highest BCUT2D eigenvalue weighted by Crippen LogP contribution is 2.15. The van der Waals surface area contributed by atoms with Crippen molar-refractivity contribution in [3.63, 3.8) is 0 Å². The summed E-state index contributed by atoms with van der Waals surface area (Å²) in [5.41, 5.74) is 5.57. The number of rotatable bonds is 4. The van der Waals surface area contributed by atoms with E-state index < -0.39 is 17.2 Å². The van der Waals surface area contributed by atoms with Gasteiger partial charge >= 0.3 is 5.97 Å². The molecule has 1 aromatic rings. The van der Waals surface area contributed by atoms with Gasteiger partial charge in [-0.1, -0.05) is 6.07 Å². The second-order valence-electron chi connectivity index (χ2n) is 2.76. The van der Waals surface area contributed by atoms with Crippen molar-refractivity contribution in [2.24, 2.45) is 10.1 Å². The van der Waals surface area contributed by atoms with Gasteiger partial charge in [-0.05, 0) is 17.5 Å². The van der Waals surface area contributed by atoms with Gasteiger partial charge in [-0.15, -0.1) is 11.3 Å². The minimum Gasteiger partial charge on any atom is -0.754 e. The lowest BCUT2D eigenvalue weighted by Crippen LogP contribution is -2.16. The molecule has 0 aliphatic heterocycles. The van der Waals surface area contributed by atoms with Crippen LogP contribution >= 0.6 is 11.3 Å². The zero-order valence-corrected chi connectivity index (χ0v) is 10.4. The highest BCUT2D eigenvalue weighted by Gasteiger charge is 2.10. The first-order chi connectivity index (χ1) is 8.04. The Balaban J connectivity index is 3.05. The van der Waals surface area contributed by atoms with Crippen molar-refractivity contribution in [1.29, 1.82) is 0 Å². The van der Waals surface area contributed by atoms with Crippen LogP contribution in [0.4, 0.5) is 0 Å². The van der Waals surface area contributed by atoms with Gasteiger partial charge in [0.2, 0.25) is 0 Å². The van der Waals surface area contributed by atoms with E-state index in [0.717, 1.165) is 13.2 Å². The van der Waals surface area contributed by atoms with Crippen LogP contribution in [0.3, 0.4) is 0 Å². The van der Waals surface area contributed by atoms with Gasteiger partial charge in [-0.25, -0.2) is 4.79 Å². The molecule has 0 saturated carbocycles. The van der Waals surface area contributed by atoms with E-state index in [1.165, 1.54) is 11.3 Å². The molecular weight excluding hydrogens is 264 g/mol. The maximum absolute atomic E-state index is 11.2. The van der Waals surface area contributed by atoms with Crippen LogP contribution in [-0.4, -0.2) is 27.6 Å². The molecule has 0 spiro atoms. The van der Waals surface area contributed by atoms with Crippen LogP contribution in [0.15, 0.2) is 28.0 Å². The molecule has 92 valence electrons. The van der Waals surface area contributed by atoms with Crippen LogP contribution < -0.4 is 5.73 Å². The molecule has 8 heteroatoms. The van der Waals surface area contributed by atoms with Crippen molar-refractivity contribution >= 4 is 40.0 Å². The SMILES string of the molecule is COC(=O)C(C=C(N)c1cccs1)=NS(=O)[O-]. The number of esters is 1. The molecule has 1 aromatic heterocycles. The first-order valence-electron chi connectivity index (χ1n) is 4.32. The van der Waals surface area contributed by atoms with Gasteiger partial charge in [0.15, 0.2) is 5.71 Å². The minimum atomic E-state index is -2.74. The number of nitrogens with two attached hydrogens (primary N) is 1. The quantitative estimate of drug-likeness (QED) is 0.487. The zero-order valence-electron chi connectivity index (χ0n) is 8.78. The van der Waals surface area contributed by atoms with E-state index in [0.29, 0.717) is 4.88 Å². The number of ether oxygens (including phenoxy) is 1. The van der Waals surface area contributed by atoms with Gasteiger partial charge in [-0.2, -0.15) is 4.40 Å². The lowest BCUT2D eigenvalue weighted by atomic mass is 10.2. The fraction of sp³-hybridized carbons (Fsp3) is 0.111. The molecule has 0 radical (unpaired) electrons. The zero-order chi connectivity index (χ0) is 12.8. The predicted molar refractivity (Wildman–Crippen MR) is 64.9 cm³/mol. The Hall–Kier alpha value is -1.51. The molecule has 0 fully saturated rings. The molecule has 2 N–H and O–H groups in total. The van der Waals surface area contributed by atoms with Crippen molar-refractivity contribution in [1.82, 2.24) is 0 Å². The summed E-state index contributed by atoms with van der Waals surface area (Å²) in [6.07, 6.45) is 1.16. The highest BCUT2D eigenvalue weighted by molar-refractivity contribution is 7.78. The number of methoxy groups -OCH3 is 1. The summed E-state index contributed by atoms with van der Waals surface area (Å²) in [6, 6.07) is 3.51. The Morgan fingerprint density at radius 1 is 1.71 bits per heavy atom. The number of carbonyl (C=O) groups excluding carboxylic acids is 1. The van der Waals surface area contributed by atoms with Crippen LogP contribution in [0.1, 0.15) is 4.88 Å². The summed E-state index contributed by atoms with van der Waals surface area (Å²) in [6.45, 7) is 0. The number of carbonyl (C=O) groups is 1. The number of nitrogens with zero attached hydrogens (tertiary/aromatic N) is 1. The smallest absolute Gasteiger partial charge is 0.357 e. The predicted octanol–water partition coefficient (Wildman–Crippen LogP) is 0.456. The number of thiophene rings is 1. The summed E-state index contributed by atoms with van der Waals surface area (Å²) in [5, 5.41) is 1.80. The summed E-state index contributed by atoms with van der Waals surface area (Å²) in [4.78, 5) is 11.9. The Kier molecular flexibility index (Phi) is 5.01. The van der Waals surface area contributed by atoms with Crippen molar-refractivity contribution in [2.75, 3.05) is 7.11 Å². The second kappa shape index (κ2) is 6.28. The van der Waals surface area contributed by atoms with Crippen molar-refractivity contribution in [3.8, 4) is 0 Å². The van der Waals surface area contributed by atoms with Gasteiger partial charge in [-0.3, -0.25) is 4.21 Å². The van der Waals surface area contributed by atoms with E-state index in [2.05, 4.69) is 9.13 Å². The molecular formula is C9H9N2O4S2-. The molecule has 6 nitrogen and oxygen atoms in total. The molecule has 0 bridgehead atoms. The Morgan fingerprint density at radius 3 is 2.88 bits per heavy atom. The van der Waals surface area contributed by atoms with E-state index in [-0.39, 0.29) is 11.4 Å². The van der Waals surface area contributed by atoms with Gasteiger partial charge < -0.3 is 15.0 Å². The van der Waals surface area contributed by atoms with Crippen molar-refractivity contribution in [3.05, 3.63) is 28.5 Å². The first-order valence-corrected chi connectivity index (χ1v) is 6.23. The van der Waals surface area contributed by atoms with Gasteiger partial charge in [0.05, 0.1) is 29.0 Å². The van der Waals surface area contributed by atoms with Gasteiger partial charge in [0.1, 0.15) is 0 Å². The summed E-state index contributed by atoms with van der Waals surface area (Å²) >= 11 is -1.38. The Bertz CT molecular complexity index is 479. The average Bonchev–Trinajstić information content (AvgIpc) is 2.79. The van der Waals surface area contributed by atoms with E-state index in [1.54, 1.807) is 17.5 Å². The average molecular weight is 273 g/mol. The molecule has 1 rings (SSSR count). The number of hydrogen-bond donors (Lipinski definition) is 1. The third kappa shape index (κ3) is 4.10. The summed E-state index contributed by atoms with van der Waals surface area (Å²) in [7, 11) is 1.13. The van der Waals surface area contributed by atoms with Crippen molar-refractivity contribution in [2.45, 2.75) is 0 Å². The lowest BCUT2D eigenvalue weighted by molar-refractivity contribution is -0.132. The molecule has 1 atom stereocenters. The molecule has 1 heterocycles. The van der Waals surface area contributed by atoms with E-state index >= 15 is 0 Å². The van der Waals surface area contributed by atoms with E-state index in [1.807, 2.05) is 0 Å². The maximum atomic E-state index is 11.2. The normalized spacial score (nSPS) is 14.5. The molecule has 17 heavy (non-hydrogen) atoms. The van der Waals surface area contributed by atoms with Crippen LogP contribution in [-0.2, 0) is 20.8 Å². The monoisotopic (exact) mass is 273 g/mol. The highest BCUT2D eigenvalue weighted by atomic mass is 32.2. The number of hydrogen-bond acceptors (Lipinski definition) is 6. The first kappa shape index (κ1) is 13.6. The van der Waals surface area contributed by atoms with Crippen LogP contribution in [0.5, 0.6) is 0 Å². The fourth-order valence-corrected chi connectivity index (χ4v) is 1.91. The van der Waals surface area contributed by atoms with E-state index in [9.17, 15) is 13.6 Å². The molecule has 1 unspecified atom stereocenters. The van der Waals surface area contributed by atoms with Crippen LogP contribution in [0.2, 0.25) is 0 Å². The third-order valence-electron chi connectivity index (χ3n) is 1.67. The minimum absolute atomic E-state index is 0.245. The molecule has 0 amide bonds. The fourth-order valence-electron chi connectivity index (χ4n) is 0.969. The van der Waals surface area contributed by atoms with Crippen LogP contribution in [0.25, 0.3) is 5.70 Å². The summed E-state index contributed by atoms with van der Waals surface area (Å²) in [5.74, 6) is -0.867. The molecule has 0 aliphatic rings.